The molecular weight excluding hydrogens is 330 g/mol. The topological polar surface area (TPSA) is 87.0 Å². The van der Waals surface area contributed by atoms with Gasteiger partial charge in [-0.3, -0.25) is 4.79 Å². The van der Waals surface area contributed by atoms with Gasteiger partial charge >= 0.3 is 0 Å². The van der Waals surface area contributed by atoms with E-state index in [4.69, 9.17) is 0 Å². The summed E-state index contributed by atoms with van der Waals surface area (Å²) in [5.41, 5.74) is 3.50. The summed E-state index contributed by atoms with van der Waals surface area (Å²) in [6, 6.07) is 19.1. The lowest BCUT2D eigenvalue weighted by Crippen LogP contribution is -2.24. The summed E-state index contributed by atoms with van der Waals surface area (Å²) in [5.74, 6) is -1.17. The molecule has 2 aromatic carbocycles. The minimum absolute atomic E-state index is 0.151. The van der Waals surface area contributed by atoms with E-state index in [1.807, 2.05) is 61.5 Å². The number of aryl methyl sites for hydroxylation is 1. The standard InChI is InChI=1S/C20H19N3O3/c1-14-6-5-9-16(12-14)23-18(21-19(24)10-11-20(25)26)13-17(22-23)15-7-3-2-4-8-15/h2-9,12-13H,10-11H2,1H3,(H,21,24)(H,25,26)/p-1. The van der Waals surface area contributed by atoms with E-state index in [-0.39, 0.29) is 12.8 Å². The first-order chi connectivity index (χ1) is 12.5. The molecular formula is C20H18N3O3-. The van der Waals surface area contributed by atoms with Gasteiger partial charge in [-0.15, -0.1) is 0 Å². The van der Waals surface area contributed by atoms with E-state index in [0.29, 0.717) is 11.5 Å². The Hall–Kier alpha value is -3.41. The van der Waals surface area contributed by atoms with E-state index in [1.54, 1.807) is 10.7 Å². The molecule has 0 radical (unpaired) electrons. The summed E-state index contributed by atoms with van der Waals surface area (Å²) >= 11 is 0. The third-order valence-corrected chi connectivity index (χ3v) is 3.85. The van der Waals surface area contributed by atoms with Gasteiger partial charge in [0.2, 0.25) is 5.91 Å². The summed E-state index contributed by atoms with van der Waals surface area (Å²) in [6.07, 6.45) is -0.474. The number of benzene rings is 2. The second kappa shape index (κ2) is 7.65. The van der Waals surface area contributed by atoms with Crippen molar-refractivity contribution >= 4 is 17.7 Å². The zero-order chi connectivity index (χ0) is 18.5. The number of carboxylic acids is 1. The van der Waals surface area contributed by atoms with Crippen LogP contribution >= 0.6 is 0 Å². The quantitative estimate of drug-likeness (QED) is 0.740. The number of aromatic nitrogens is 2. The van der Waals surface area contributed by atoms with Crippen molar-refractivity contribution in [2.45, 2.75) is 19.8 Å². The second-order valence-electron chi connectivity index (χ2n) is 5.95. The van der Waals surface area contributed by atoms with Crippen molar-refractivity contribution in [1.29, 1.82) is 0 Å². The third kappa shape index (κ3) is 4.16. The highest BCUT2D eigenvalue weighted by Crippen LogP contribution is 2.25. The van der Waals surface area contributed by atoms with Gasteiger partial charge in [0, 0.05) is 24.0 Å². The summed E-state index contributed by atoms with van der Waals surface area (Å²) in [4.78, 5) is 22.6. The minimum atomic E-state index is -1.25. The average Bonchev–Trinajstić information content (AvgIpc) is 3.04. The Morgan fingerprint density at radius 1 is 1.04 bits per heavy atom. The number of nitrogens with one attached hydrogen (secondary N) is 1. The van der Waals surface area contributed by atoms with E-state index in [0.717, 1.165) is 16.8 Å². The zero-order valence-electron chi connectivity index (χ0n) is 14.3. The van der Waals surface area contributed by atoms with Gasteiger partial charge in [-0.2, -0.15) is 5.10 Å². The number of rotatable bonds is 6. The first kappa shape index (κ1) is 17.4. The van der Waals surface area contributed by atoms with Crippen molar-refractivity contribution in [1.82, 2.24) is 9.78 Å². The molecule has 0 atom stereocenters. The number of hydrogen-bond acceptors (Lipinski definition) is 4. The molecule has 0 aliphatic rings. The van der Waals surface area contributed by atoms with Gasteiger partial charge < -0.3 is 15.2 Å². The number of nitrogens with zero attached hydrogens (tertiary/aromatic N) is 2. The molecule has 0 aliphatic carbocycles. The van der Waals surface area contributed by atoms with Gasteiger partial charge in [-0.25, -0.2) is 4.68 Å². The monoisotopic (exact) mass is 348 g/mol. The number of hydrogen-bond donors (Lipinski definition) is 1. The van der Waals surface area contributed by atoms with Crippen LogP contribution in [0.15, 0.2) is 60.7 Å². The molecule has 0 fully saturated rings. The lowest BCUT2D eigenvalue weighted by atomic mass is 10.1. The van der Waals surface area contributed by atoms with E-state index in [9.17, 15) is 14.7 Å². The normalized spacial score (nSPS) is 10.5. The highest BCUT2D eigenvalue weighted by atomic mass is 16.4. The van der Waals surface area contributed by atoms with Crippen LogP contribution in [0.2, 0.25) is 0 Å². The maximum absolute atomic E-state index is 12.1. The van der Waals surface area contributed by atoms with Crippen molar-refractivity contribution < 1.29 is 14.7 Å². The van der Waals surface area contributed by atoms with Gasteiger partial charge in [0.05, 0.1) is 11.4 Å². The van der Waals surface area contributed by atoms with Crippen LogP contribution in [-0.4, -0.2) is 21.7 Å². The summed E-state index contributed by atoms with van der Waals surface area (Å²) in [7, 11) is 0. The number of aliphatic carboxylic acids is 1. The molecule has 6 nitrogen and oxygen atoms in total. The van der Waals surface area contributed by atoms with Gasteiger partial charge in [0.15, 0.2) is 0 Å². The Bertz CT molecular complexity index is 932. The van der Waals surface area contributed by atoms with Crippen LogP contribution in [0.3, 0.4) is 0 Å². The first-order valence-electron chi connectivity index (χ1n) is 8.25. The smallest absolute Gasteiger partial charge is 0.225 e. The van der Waals surface area contributed by atoms with Crippen LogP contribution < -0.4 is 10.4 Å². The molecule has 3 rings (SSSR count). The SMILES string of the molecule is Cc1cccc(-n2nc(-c3ccccc3)cc2NC(=O)CCC(=O)[O-])c1. The van der Waals surface area contributed by atoms with E-state index < -0.39 is 11.9 Å². The predicted octanol–water partition coefficient (Wildman–Crippen LogP) is 2.32. The number of anilines is 1. The fourth-order valence-electron chi connectivity index (χ4n) is 2.60. The fourth-order valence-corrected chi connectivity index (χ4v) is 2.60. The van der Waals surface area contributed by atoms with E-state index >= 15 is 0 Å². The highest BCUT2D eigenvalue weighted by molar-refractivity contribution is 5.92. The Kier molecular flexibility index (Phi) is 5.12. The molecule has 26 heavy (non-hydrogen) atoms. The molecule has 0 aliphatic heterocycles. The van der Waals surface area contributed by atoms with Crippen LogP contribution in [0, 0.1) is 6.92 Å². The van der Waals surface area contributed by atoms with Crippen molar-refractivity contribution in [2.24, 2.45) is 0 Å². The molecule has 0 bridgehead atoms. The van der Waals surface area contributed by atoms with Gasteiger partial charge in [-0.1, -0.05) is 42.5 Å². The Balaban J connectivity index is 1.96. The molecule has 6 heteroatoms. The zero-order valence-corrected chi connectivity index (χ0v) is 14.3. The Labute approximate surface area is 151 Å². The maximum atomic E-state index is 12.1. The highest BCUT2D eigenvalue weighted by Gasteiger charge is 2.14. The number of amides is 1. The largest absolute Gasteiger partial charge is 0.550 e. The van der Waals surface area contributed by atoms with Crippen LogP contribution in [0.1, 0.15) is 18.4 Å². The number of carbonyl (C=O) groups excluding carboxylic acids is 2. The number of carboxylic acid groups (broad SMARTS) is 1. The molecule has 1 N–H and O–H groups in total. The molecule has 132 valence electrons. The second-order valence-corrected chi connectivity index (χ2v) is 5.95. The minimum Gasteiger partial charge on any atom is -0.550 e. The Morgan fingerprint density at radius 3 is 2.50 bits per heavy atom. The summed E-state index contributed by atoms with van der Waals surface area (Å²) in [6.45, 7) is 1.98. The molecule has 1 amide bonds. The molecule has 0 unspecified atom stereocenters. The summed E-state index contributed by atoms with van der Waals surface area (Å²) in [5, 5.41) is 17.9. The van der Waals surface area contributed by atoms with Gasteiger partial charge in [0.25, 0.3) is 0 Å². The molecule has 0 saturated carbocycles. The van der Waals surface area contributed by atoms with Crippen molar-refractivity contribution in [3.05, 3.63) is 66.2 Å². The first-order valence-corrected chi connectivity index (χ1v) is 8.25. The summed E-state index contributed by atoms with van der Waals surface area (Å²) < 4.78 is 1.65. The average molecular weight is 348 g/mol. The molecule has 1 heterocycles. The van der Waals surface area contributed by atoms with Gasteiger partial charge in [-0.05, 0) is 31.0 Å². The number of carbonyl (C=O) groups is 2. The lowest BCUT2D eigenvalue weighted by Gasteiger charge is -2.09. The van der Waals surface area contributed by atoms with Crippen LogP contribution in [0.4, 0.5) is 5.82 Å². The van der Waals surface area contributed by atoms with Gasteiger partial charge in [0.1, 0.15) is 5.82 Å². The van der Waals surface area contributed by atoms with E-state index in [1.165, 1.54) is 0 Å². The fraction of sp³-hybridized carbons (Fsp3) is 0.150. The van der Waals surface area contributed by atoms with Crippen LogP contribution in [-0.2, 0) is 9.59 Å². The predicted molar refractivity (Wildman–Crippen MR) is 96.6 cm³/mol. The molecule has 1 aromatic heterocycles. The van der Waals surface area contributed by atoms with Crippen molar-refractivity contribution in [3.8, 4) is 16.9 Å². The van der Waals surface area contributed by atoms with E-state index in [2.05, 4.69) is 10.4 Å². The third-order valence-electron chi connectivity index (χ3n) is 3.85. The molecule has 0 saturated heterocycles. The molecule has 0 spiro atoms. The van der Waals surface area contributed by atoms with Crippen molar-refractivity contribution in [2.75, 3.05) is 5.32 Å². The van der Waals surface area contributed by atoms with Crippen LogP contribution in [0.5, 0.6) is 0 Å². The Morgan fingerprint density at radius 2 is 1.81 bits per heavy atom. The molecule has 3 aromatic rings. The van der Waals surface area contributed by atoms with Crippen LogP contribution in [0.25, 0.3) is 16.9 Å². The lowest BCUT2D eigenvalue weighted by molar-refractivity contribution is -0.305. The van der Waals surface area contributed by atoms with Crippen molar-refractivity contribution in [3.63, 3.8) is 0 Å². The maximum Gasteiger partial charge on any atom is 0.225 e.